The Kier molecular flexibility index (Phi) is 4.30. The number of ether oxygens (including phenoxy) is 1. The molecule has 0 aromatic heterocycles. The molecule has 1 aromatic rings. The Morgan fingerprint density at radius 1 is 1.42 bits per heavy atom. The van der Waals surface area contributed by atoms with Crippen molar-refractivity contribution in [1.82, 2.24) is 4.90 Å². The number of nitrogen functional groups attached to an aromatic ring is 1. The molecule has 0 saturated heterocycles. The first-order valence-corrected chi connectivity index (χ1v) is 6.80. The van der Waals surface area contributed by atoms with Crippen molar-refractivity contribution in [2.24, 2.45) is 5.92 Å². The molecule has 4 nitrogen and oxygen atoms in total. The van der Waals surface area contributed by atoms with Crippen molar-refractivity contribution in [3.63, 3.8) is 0 Å². The minimum absolute atomic E-state index is 0.0247. The summed E-state index contributed by atoms with van der Waals surface area (Å²) in [5.41, 5.74) is 6.92. The molecule has 104 valence electrons. The summed E-state index contributed by atoms with van der Waals surface area (Å²) in [6.07, 6.45) is 5.03. The van der Waals surface area contributed by atoms with Gasteiger partial charge in [-0.25, -0.2) is 0 Å². The first-order valence-electron chi connectivity index (χ1n) is 6.80. The van der Waals surface area contributed by atoms with Gasteiger partial charge in [0.05, 0.1) is 12.7 Å². The number of hydrogen-bond acceptors (Lipinski definition) is 3. The molecule has 1 aliphatic carbocycles. The Bertz CT molecular complexity index is 453. The van der Waals surface area contributed by atoms with Gasteiger partial charge in [-0.15, -0.1) is 0 Å². The molecule has 2 rings (SSSR count). The van der Waals surface area contributed by atoms with Gasteiger partial charge in [0, 0.05) is 19.3 Å². The van der Waals surface area contributed by atoms with E-state index in [4.69, 9.17) is 10.5 Å². The highest BCUT2D eigenvalue weighted by molar-refractivity contribution is 5.99. The van der Waals surface area contributed by atoms with Crippen LogP contribution in [0.5, 0.6) is 5.75 Å². The monoisotopic (exact) mass is 262 g/mol. The third-order valence-electron chi connectivity index (χ3n) is 3.84. The average molecular weight is 262 g/mol. The number of nitrogens with zero attached hydrogens (tertiary/aromatic N) is 1. The fourth-order valence-corrected chi connectivity index (χ4v) is 2.72. The molecule has 4 heteroatoms. The fraction of sp³-hybridized carbons (Fsp3) is 0.533. The van der Waals surface area contributed by atoms with Crippen LogP contribution >= 0.6 is 0 Å². The van der Waals surface area contributed by atoms with E-state index in [2.05, 4.69) is 0 Å². The number of carbonyl (C=O) groups excluding carboxylic acids is 1. The van der Waals surface area contributed by atoms with Crippen LogP contribution in [-0.2, 0) is 0 Å². The van der Waals surface area contributed by atoms with E-state index in [1.807, 2.05) is 7.05 Å². The van der Waals surface area contributed by atoms with Crippen LogP contribution in [0.2, 0.25) is 0 Å². The maximum absolute atomic E-state index is 12.4. The van der Waals surface area contributed by atoms with Crippen molar-refractivity contribution >= 4 is 11.6 Å². The topological polar surface area (TPSA) is 55.6 Å². The van der Waals surface area contributed by atoms with Gasteiger partial charge in [-0.3, -0.25) is 4.79 Å². The van der Waals surface area contributed by atoms with Gasteiger partial charge < -0.3 is 15.4 Å². The Balaban J connectivity index is 2.09. The predicted octanol–water partition coefficient (Wildman–Crippen LogP) is 2.54. The highest BCUT2D eigenvalue weighted by Crippen LogP contribution is 2.26. The van der Waals surface area contributed by atoms with E-state index < -0.39 is 0 Å². The second-order valence-corrected chi connectivity index (χ2v) is 5.29. The van der Waals surface area contributed by atoms with Gasteiger partial charge in [-0.2, -0.15) is 0 Å². The number of carbonyl (C=O) groups is 1. The van der Waals surface area contributed by atoms with Gasteiger partial charge in [0.2, 0.25) is 0 Å². The maximum atomic E-state index is 12.4. The molecule has 19 heavy (non-hydrogen) atoms. The molecule has 0 radical (unpaired) electrons. The summed E-state index contributed by atoms with van der Waals surface area (Å²) in [6.45, 7) is 0.815. The number of rotatable bonds is 4. The van der Waals surface area contributed by atoms with Gasteiger partial charge in [0.25, 0.3) is 5.91 Å². The van der Waals surface area contributed by atoms with Crippen LogP contribution in [0.4, 0.5) is 5.69 Å². The minimum Gasteiger partial charge on any atom is -0.497 e. The Morgan fingerprint density at radius 3 is 2.74 bits per heavy atom. The molecule has 1 fully saturated rings. The van der Waals surface area contributed by atoms with Crippen molar-refractivity contribution in [3.8, 4) is 5.75 Å². The van der Waals surface area contributed by atoms with Gasteiger partial charge in [-0.1, -0.05) is 12.8 Å². The third-order valence-corrected chi connectivity index (χ3v) is 3.84. The fourth-order valence-electron chi connectivity index (χ4n) is 2.72. The van der Waals surface area contributed by atoms with E-state index in [9.17, 15) is 4.79 Å². The standard InChI is InChI=1S/C15H22N2O2/c1-17(10-11-5-3-4-6-11)15(18)13-9-12(19-2)7-8-14(13)16/h7-9,11H,3-6,10,16H2,1-2H3. The summed E-state index contributed by atoms with van der Waals surface area (Å²) in [5.74, 6) is 1.27. The summed E-state index contributed by atoms with van der Waals surface area (Å²) < 4.78 is 5.15. The first kappa shape index (κ1) is 13.7. The van der Waals surface area contributed by atoms with Crippen LogP contribution in [-0.4, -0.2) is 31.5 Å². The van der Waals surface area contributed by atoms with Crippen LogP contribution in [0, 0.1) is 5.92 Å². The number of nitrogens with two attached hydrogens (primary N) is 1. The molecule has 1 aromatic carbocycles. The molecule has 1 saturated carbocycles. The van der Waals surface area contributed by atoms with Gasteiger partial charge in [0.15, 0.2) is 0 Å². The third kappa shape index (κ3) is 3.19. The molecule has 0 bridgehead atoms. The SMILES string of the molecule is COc1ccc(N)c(C(=O)N(C)CC2CCCC2)c1. The van der Waals surface area contributed by atoms with Crippen LogP contribution in [0.25, 0.3) is 0 Å². The number of hydrogen-bond donors (Lipinski definition) is 1. The zero-order valence-corrected chi connectivity index (χ0v) is 11.7. The second-order valence-electron chi connectivity index (χ2n) is 5.29. The summed E-state index contributed by atoms with van der Waals surface area (Å²) in [6, 6.07) is 5.20. The lowest BCUT2D eigenvalue weighted by atomic mass is 10.1. The molecular weight excluding hydrogens is 240 g/mol. The molecule has 2 N–H and O–H groups in total. The van der Waals surface area contributed by atoms with Crippen LogP contribution < -0.4 is 10.5 Å². The predicted molar refractivity (Wildman–Crippen MR) is 76.3 cm³/mol. The Morgan fingerprint density at radius 2 is 2.11 bits per heavy atom. The van der Waals surface area contributed by atoms with Crippen LogP contribution in [0.1, 0.15) is 36.0 Å². The first-order chi connectivity index (χ1) is 9.11. The van der Waals surface area contributed by atoms with Crippen LogP contribution in [0.15, 0.2) is 18.2 Å². The maximum Gasteiger partial charge on any atom is 0.255 e. The summed E-state index contributed by atoms with van der Waals surface area (Å²) >= 11 is 0. The number of amides is 1. The highest BCUT2D eigenvalue weighted by atomic mass is 16.5. The minimum atomic E-state index is -0.0247. The quantitative estimate of drug-likeness (QED) is 0.848. The van der Waals surface area contributed by atoms with E-state index in [1.54, 1.807) is 30.2 Å². The average Bonchev–Trinajstić information content (AvgIpc) is 2.91. The zero-order chi connectivity index (χ0) is 13.8. The molecule has 0 heterocycles. The molecule has 0 unspecified atom stereocenters. The van der Waals surface area contributed by atoms with Crippen molar-refractivity contribution in [2.75, 3.05) is 26.4 Å². The smallest absolute Gasteiger partial charge is 0.255 e. The van der Waals surface area contributed by atoms with Crippen molar-refractivity contribution in [2.45, 2.75) is 25.7 Å². The molecule has 0 atom stereocenters. The summed E-state index contributed by atoms with van der Waals surface area (Å²) in [5, 5.41) is 0. The summed E-state index contributed by atoms with van der Waals surface area (Å²) in [7, 11) is 3.43. The Hall–Kier alpha value is -1.71. The van der Waals surface area contributed by atoms with Crippen molar-refractivity contribution in [1.29, 1.82) is 0 Å². The number of anilines is 1. The lowest BCUT2D eigenvalue weighted by molar-refractivity contribution is 0.0774. The van der Waals surface area contributed by atoms with Crippen molar-refractivity contribution in [3.05, 3.63) is 23.8 Å². The number of methoxy groups -OCH3 is 1. The van der Waals surface area contributed by atoms with E-state index in [1.165, 1.54) is 25.7 Å². The van der Waals surface area contributed by atoms with Gasteiger partial charge in [0.1, 0.15) is 5.75 Å². The number of benzene rings is 1. The molecule has 1 aliphatic rings. The van der Waals surface area contributed by atoms with Crippen LogP contribution in [0.3, 0.4) is 0 Å². The van der Waals surface area contributed by atoms with E-state index in [0.29, 0.717) is 22.9 Å². The van der Waals surface area contributed by atoms with Gasteiger partial charge in [-0.05, 0) is 37.0 Å². The largest absolute Gasteiger partial charge is 0.497 e. The highest BCUT2D eigenvalue weighted by Gasteiger charge is 2.21. The van der Waals surface area contributed by atoms with E-state index in [0.717, 1.165) is 6.54 Å². The molecular formula is C15H22N2O2. The molecule has 0 aliphatic heterocycles. The lowest BCUT2D eigenvalue weighted by Gasteiger charge is -2.22. The normalized spacial score (nSPS) is 15.5. The van der Waals surface area contributed by atoms with E-state index in [-0.39, 0.29) is 5.91 Å². The molecule has 0 spiro atoms. The van der Waals surface area contributed by atoms with E-state index >= 15 is 0 Å². The summed E-state index contributed by atoms with van der Waals surface area (Å²) in [4.78, 5) is 14.2. The molecule has 1 amide bonds. The van der Waals surface area contributed by atoms with Gasteiger partial charge >= 0.3 is 0 Å². The van der Waals surface area contributed by atoms with Crippen molar-refractivity contribution < 1.29 is 9.53 Å². The lowest BCUT2D eigenvalue weighted by Crippen LogP contribution is -2.31. The Labute approximate surface area is 114 Å². The second kappa shape index (κ2) is 5.95. The zero-order valence-electron chi connectivity index (χ0n) is 11.7.